The largest absolute Gasteiger partial charge is 0.490 e. The molecule has 4 rings (SSSR count). The normalized spacial score (nSPS) is 16.1. The lowest BCUT2D eigenvalue weighted by molar-refractivity contribution is 0.0981. The third-order valence-corrected chi connectivity index (χ3v) is 8.51. The molecular weight excluding hydrogens is 458 g/mol. The van der Waals surface area contributed by atoms with Gasteiger partial charge in [0.1, 0.15) is 21.9 Å². The minimum Gasteiger partial charge on any atom is -0.490 e. The Hall–Kier alpha value is -2.78. The van der Waals surface area contributed by atoms with Crippen molar-refractivity contribution in [1.29, 1.82) is 0 Å². The number of ether oxygens (including phenoxy) is 1. The average molecular weight is 486 g/mol. The molecule has 0 aliphatic carbocycles. The van der Waals surface area contributed by atoms with Gasteiger partial charge in [-0.15, -0.1) is 21.5 Å². The summed E-state index contributed by atoms with van der Waals surface area (Å²) in [5, 5.41) is 10.2. The van der Waals surface area contributed by atoms with E-state index in [2.05, 4.69) is 14.9 Å². The van der Waals surface area contributed by atoms with Gasteiger partial charge in [-0.25, -0.2) is 13.1 Å². The number of aryl methyl sites for hydroxylation is 2. The Labute approximate surface area is 198 Å². The van der Waals surface area contributed by atoms with E-state index in [0.717, 1.165) is 39.7 Å². The van der Waals surface area contributed by atoms with E-state index in [4.69, 9.17) is 4.74 Å². The summed E-state index contributed by atoms with van der Waals surface area (Å²) in [4.78, 5) is 12.9. The summed E-state index contributed by atoms with van der Waals surface area (Å²) in [6.45, 7) is 6.59. The van der Waals surface area contributed by atoms with Crippen molar-refractivity contribution in [3.05, 3.63) is 63.6 Å². The van der Waals surface area contributed by atoms with Crippen molar-refractivity contribution < 1.29 is 17.9 Å². The summed E-state index contributed by atoms with van der Waals surface area (Å²) in [5.41, 5.74) is 2.84. The van der Waals surface area contributed by atoms with Crippen LogP contribution in [0.1, 0.15) is 53.1 Å². The molecule has 1 aliphatic rings. The maximum absolute atomic E-state index is 12.9. The van der Waals surface area contributed by atoms with E-state index >= 15 is 0 Å². The zero-order valence-corrected chi connectivity index (χ0v) is 20.7. The van der Waals surface area contributed by atoms with Gasteiger partial charge in [0, 0.05) is 12.0 Å². The van der Waals surface area contributed by atoms with Crippen molar-refractivity contribution in [2.75, 3.05) is 0 Å². The standard InChI is InChI=1S/C24H27N3O4S2/c1-15-25-26-22(32-15)14-18-12-11-16-9-10-17(13-21(16)31-18)19-7-5-6-8-20(19)23(28)27-33(29,30)24(2,3)4/h5-10,13,18H,11-12,14H2,1-4H3,(H,27,28). The minimum atomic E-state index is -3.83. The highest BCUT2D eigenvalue weighted by Gasteiger charge is 2.31. The van der Waals surface area contributed by atoms with Gasteiger partial charge in [-0.1, -0.05) is 30.3 Å². The second-order valence-electron chi connectivity index (χ2n) is 9.11. The number of carbonyl (C=O) groups excluding carboxylic acids is 1. The van der Waals surface area contributed by atoms with Crippen LogP contribution in [-0.4, -0.2) is 35.4 Å². The predicted octanol–water partition coefficient (Wildman–Crippen LogP) is 4.31. The van der Waals surface area contributed by atoms with Gasteiger partial charge in [0.2, 0.25) is 10.0 Å². The van der Waals surface area contributed by atoms with Crippen molar-refractivity contribution in [2.24, 2.45) is 0 Å². The molecule has 0 saturated heterocycles. The van der Waals surface area contributed by atoms with Crippen LogP contribution in [0.25, 0.3) is 11.1 Å². The molecule has 2 heterocycles. The number of fused-ring (bicyclic) bond motifs is 1. The summed E-state index contributed by atoms with van der Waals surface area (Å²) < 4.78 is 32.4. The quantitative estimate of drug-likeness (QED) is 0.578. The van der Waals surface area contributed by atoms with E-state index in [1.165, 1.54) is 0 Å². The Morgan fingerprint density at radius 3 is 2.64 bits per heavy atom. The number of nitrogens with one attached hydrogen (secondary N) is 1. The molecule has 1 amide bonds. The summed E-state index contributed by atoms with van der Waals surface area (Å²) in [7, 11) is -3.83. The predicted molar refractivity (Wildman–Crippen MR) is 129 cm³/mol. The molecule has 1 aliphatic heterocycles. The fourth-order valence-corrected chi connectivity index (χ4v) is 5.05. The van der Waals surface area contributed by atoms with Gasteiger partial charge in [-0.3, -0.25) is 4.79 Å². The number of carbonyl (C=O) groups is 1. The first kappa shape index (κ1) is 23.4. The Morgan fingerprint density at radius 1 is 1.18 bits per heavy atom. The zero-order chi connectivity index (χ0) is 23.8. The smallest absolute Gasteiger partial charge is 0.265 e. The van der Waals surface area contributed by atoms with E-state index in [9.17, 15) is 13.2 Å². The van der Waals surface area contributed by atoms with Crippen LogP contribution in [0.5, 0.6) is 5.75 Å². The molecule has 1 N–H and O–H groups in total. The van der Waals surface area contributed by atoms with E-state index in [1.807, 2.05) is 37.3 Å². The average Bonchev–Trinajstić information content (AvgIpc) is 3.16. The molecular formula is C24H27N3O4S2. The molecule has 1 unspecified atom stereocenters. The number of sulfonamides is 1. The number of rotatable bonds is 5. The van der Waals surface area contributed by atoms with Crippen LogP contribution < -0.4 is 9.46 Å². The molecule has 0 radical (unpaired) electrons. The van der Waals surface area contributed by atoms with Crippen LogP contribution in [0.15, 0.2) is 42.5 Å². The first-order chi connectivity index (χ1) is 15.5. The third kappa shape index (κ3) is 5.09. The molecule has 0 bridgehead atoms. The number of nitrogens with zero attached hydrogens (tertiary/aromatic N) is 2. The fraction of sp³-hybridized carbons (Fsp3) is 0.375. The molecule has 0 fully saturated rings. The summed E-state index contributed by atoms with van der Waals surface area (Å²) in [5.74, 6) is 0.131. The topological polar surface area (TPSA) is 98.3 Å². The Kier molecular flexibility index (Phi) is 6.28. The third-order valence-electron chi connectivity index (χ3n) is 5.58. The number of benzene rings is 2. The number of aromatic nitrogens is 2. The Balaban J connectivity index is 1.60. The molecule has 33 heavy (non-hydrogen) atoms. The highest BCUT2D eigenvalue weighted by atomic mass is 32.2. The van der Waals surface area contributed by atoms with Crippen molar-refractivity contribution in [2.45, 2.75) is 57.8 Å². The molecule has 9 heteroatoms. The maximum Gasteiger partial charge on any atom is 0.265 e. The van der Waals surface area contributed by atoms with Crippen LogP contribution in [0.4, 0.5) is 0 Å². The van der Waals surface area contributed by atoms with Gasteiger partial charge in [-0.05, 0) is 69.4 Å². The second-order valence-corrected chi connectivity index (χ2v) is 12.8. The fourth-order valence-electron chi connectivity index (χ4n) is 3.61. The van der Waals surface area contributed by atoms with Gasteiger partial charge in [0.05, 0.1) is 4.75 Å². The number of amides is 1. The lowest BCUT2D eigenvalue weighted by Gasteiger charge is -2.26. The summed E-state index contributed by atoms with van der Waals surface area (Å²) >= 11 is 1.58. The molecule has 1 aromatic heterocycles. The lowest BCUT2D eigenvalue weighted by atomic mass is 9.94. The van der Waals surface area contributed by atoms with Gasteiger partial charge in [0.25, 0.3) is 5.91 Å². The summed E-state index contributed by atoms with van der Waals surface area (Å²) in [6.07, 6.45) is 2.51. The summed E-state index contributed by atoms with van der Waals surface area (Å²) in [6, 6.07) is 12.9. The molecule has 7 nitrogen and oxygen atoms in total. The zero-order valence-electron chi connectivity index (χ0n) is 19.1. The van der Waals surface area contributed by atoms with Crippen LogP contribution in [0.3, 0.4) is 0 Å². The van der Waals surface area contributed by atoms with E-state index in [0.29, 0.717) is 17.5 Å². The van der Waals surface area contributed by atoms with E-state index in [1.54, 1.807) is 44.2 Å². The van der Waals surface area contributed by atoms with Crippen molar-refractivity contribution in [1.82, 2.24) is 14.9 Å². The van der Waals surface area contributed by atoms with Gasteiger partial charge < -0.3 is 4.74 Å². The highest BCUT2D eigenvalue weighted by molar-refractivity contribution is 7.91. The first-order valence-corrected chi connectivity index (χ1v) is 13.1. The molecule has 0 spiro atoms. The number of hydrogen-bond donors (Lipinski definition) is 1. The van der Waals surface area contributed by atoms with E-state index in [-0.39, 0.29) is 6.10 Å². The molecule has 174 valence electrons. The lowest BCUT2D eigenvalue weighted by Crippen LogP contribution is -2.42. The molecule has 3 aromatic rings. The maximum atomic E-state index is 12.9. The van der Waals surface area contributed by atoms with Crippen LogP contribution in [-0.2, 0) is 22.9 Å². The highest BCUT2D eigenvalue weighted by Crippen LogP contribution is 2.34. The van der Waals surface area contributed by atoms with Crippen LogP contribution in [0.2, 0.25) is 0 Å². The van der Waals surface area contributed by atoms with Crippen LogP contribution >= 0.6 is 11.3 Å². The first-order valence-electron chi connectivity index (χ1n) is 10.8. The van der Waals surface area contributed by atoms with E-state index < -0.39 is 20.7 Å². The molecule has 1 atom stereocenters. The minimum absolute atomic E-state index is 0.00979. The van der Waals surface area contributed by atoms with Crippen molar-refractivity contribution in [3.8, 4) is 16.9 Å². The van der Waals surface area contributed by atoms with Gasteiger partial charge in [-0.2, -0.15) is 0 Å². The SMILES string of the molecule is Cc1nnc(CC2CCc3ccc(-c4ccccc4C(=O)NS(=O)(=O)C(C)(C)C)cc3O2)s1. The van der Waals surface area contributed by atoms with Crippen LogP contribution in [0, 0.1) is 6.92 Å². The van der Waals surface area contributed by atoms with Gasteiger partial charge in [0.15, 0.2) is 0 Å². The Bertz CT molecular complexity index is 1290. The van der Waals surface area contributed by atoms with Gasteiger partial charge >= 0.3 is 0 Å². The van der Waals surface area contributed by atoms with Crippen molar-refractivity contribution >= 4 is 27.3 Å². The van der Waals surface area contributed by atoms with Crippen molar-refractivity contribution in [3.63, 3.8) is 0 Å². The Morgan fingerprint density at radius 2 is 1.94 bits per heavy atom. The monoisotopic (exact) mass is 485 g/mol. The molecule has 2 aromatic carbocycles. The second kappa shape index (κ2) is 8.87. The molecule has 0 saturated carbocycles. The number of hydrogen-bond acceptors (Lipinski definition) is 7.